The molecule has 2 aliphatic rings. The van der Waals surface area contributed by atoms with E-state index in [1.54, 1.807) is 0 Å². The lowest BCUT2D eigenvalue weighted by Gasteiger charge is -2.30. The molecule has 0 spiro atoms. The standard InChI is InChI=1S/C48H52N8O6/c1-29(2)42(54-48(60)62-4)46(58)56-23-9-13-41(56)44-50-28-39(52-44)36-21-20-34-25-33(18-19-35(34)26-36)31-14-16-32(17-15-31)38-27-49-43(51-38)40-12-8-22-55(40)45(57)37(53-47(59)61-3)24-30-10-6-5-7-11-30/h5-7,10-11,14-21,25-29,37,40-42H,8-9,12-13,22-24H2,1-4H3,(H,49,51)(H,50,52)(H,53,59)(H,54,60). The van der Waals surface area contributed by atoms with Crippen LogP contribution < -0.4 is 10.6 Å². The van der Waals surface area contributed by atoms with Crippen molar-refractivity contribution in [2.75, 3.05) is 27.3 Å². The third-order valence-corrected chi connectivity index (χ3v) is 12.0. The molecule has 0 bridgehead atoms. The molecule has 0 aliphatic carbocycles. The maximum absolute atomic E-state index is 13.9. The maximum Gasteiger partial charge on any atom is 0.407 e. The molecule has 0 saturated carbocycles. The largest absolute Gasteiger partial charge is 0.453 e. The molecular formula is C48H52N8O6. The average molecular weight is 837 g/mol. The zero-order chi connectivity index (χ0) is 43.3. The van der Waals surface area contributed by atoms with E-state index in [0.29, 0.717) is 25.3 Å². The number of imidazole rings is 2. The summed E-state index contributed by atoms with van der Waals surface area (Å²) in [5, 5.41) is 7.64. The van der Waals surface area contributed by atoms with Gasteiger partial charge in [-0.2, -0.15) is 0 Å². The highest BCUT2D eigenvalue weighted by atomic mass is 16.5. The quantitative estimate of drug-likeness (QED) is 0.0961. The minimum Gasteiger partial charge on any atom is -0.453 e. The van der Waals surface area contributed by atoms with Gasteiger partial charge in [-0.1, -0.05) is 92.7 Å². The molecule has 4 N–H and O–H groups in total. The Morgan fingerprint density at radius 1 is 0.661 bits per heavy atom. The molecule has 4 unspecified atom stereocenters. The second-order valence-electron chi connectivity index (χ2n) is 16.3. The van der Waals surface area contributed by atoms with E-state index in [4.69, 9.17) is 19.4 Å². The van der Waals surface area contributed by atoms with Crippen LogP contribution >= 0.6 is 0 Å². The van der Waals surface area contributed by atoms with Crippen LogP contribution in [0.1, 0.15) is 68.8 Å². The normalized spacial score (nSPS) is 17.2. The van der Waals surface area contributed by atoms with Crippen LogP contribution in [0, 0.1) is 5.92 Å². The van der Waals surface area contributed by atoms with Crippen molar-refractivity contribution in [1.82, 2.24) is 40.4 Å². The summed E-state index contributed by atoms with van der Waals surface area (Å²) >= 11 is 0. The molecule has 8 rings (SSSR count). The zero-order valence-electron chi connectivity index (χ0n) is 35.4. The van der Waals surface area contributed by atoms with E-state index < -0.39 is 24.3 Å². The van der Waals surface area contributed by atoms with Crippen LogP contribution in [0.25, 0.3) is 44.4 Å². The second kappa shape index (κ2) is 18.3. The number of likely N-dealkylation sites (tertiary alicyclic amines) is 2. The molecule has 4 amide bonds. The summed E-state index contributed by atoms with van der Waals surface area (Å²) in [7, 11) is 2.59. The highest BCUT2D eigenvalue weighted by Crippen LogP contribution is 2.35. The van der Waals surface area contributed by atoms with E-state index in [1.165, 1.54) is 14.2 Å². The number of methoxy groups -OCH3 is 2. The monoisotopic (exact) mass is 836 g/mol. The van der Waals surface area contributed by atoms with Gasteiger partial charge in [0, 0.05) is 25.1 Å². The fourth-order valence-electron chi connectivity index (χ4n) is 8.70. The summed E-state index contributed by atoms with van der Waals surface area (Å²) < 4.78 is 9.62. The van der Waals surface area contributed by atoms with Crippen molar-refractivity contribution in [3.8, 4) is 33.6 Å². The number of hydrogen-bond acceptors (Lipinski definition) is 8. The molecule has 0 radical (unpaired) electrons. The molecule has 62 heavy (non-hydrogen) atoms. The van der Waals surface area contributed by atoms with Gasteiger partial charge in [0.15, 0.2) is 0 Å². The van der Waals surface area contributed by atoms with Gasteiger partial charge in [-0.15, -0.1) is 0 Å². The van der Waals surface area contributed by atoms with Crippen LogP contribution in [0.2, 0.25) is 0 Å². The molecule has 4 heterocycles. The molecule has 14 heteroatoms. The van der Waals surface area contributed by atoms with E-state index >= 15 is 0 Å². The van der Waals surface area contributed by atoms with Gasteiger partial charge in [-0.05, 0) is 76.8 Å². The number of carbonyl (C=O) groups excluding carboxylic acids is 4. The van der Waals surface area contributed by atoms with E-state index in [1.807, 2.05) is 66.4 Å². The molecule has 320 valence electrons. The average Bonchev–Trinajstić information content (AvgIpc) is 4.15. The first-order valence-corrected chi connectivity index (χ1v) is 21.2. The van der Waals surface area contributed by atoms with Crippen molar-refractivity contribution < 1.29 is 28.7 Å². The number of aromatic nitrogens is 4. The fourth-order valence-corrected chi connectivity index (χ4v) is 8.70. The number of hydrogen-bond donors (Lipinski definition) is 4. The number of carbonyl (C=O) groups is 4. The Morgan fingerprint density at radius 2 is 1.18 bits per heavy atom. The predicted molar refractivity (Wildman–Crippen MR) is 236 cm³/mol. The van der Waals surface area contributed by atoms with Crippen molar-refractivity contribution in [3.63, 3.8) is 0 Å². The molecule has 6 aromatic rings. The van der Waals surface area contributed by atoms with Gasteiger partial charge in [0.1, 0.15) is 23.7 Å². The molecular weight excluding hydrogens is 785 g/mol. The van der Waals surface area contributed by atoms with Gasteiger partial charge in [-0.3, -0.25) is 9.59 Å². The minimum atomic E-state index is -0.772. The molecule has 2 aliphatic heterocycles. The first-order valence-electron chi connectivity index (χ1n) is 21.2. The second-order valence-corrected chi connectivity index (χ2v) is 16.3. The Hall–Kier alpha value is -6.96. The van der Waals surface area contributed by atoms with Crippen LogP contribution in [0.4, 0.5) is 9.59 Å². The zero-order valence-corrected chi connectivity index (χ0v) is 35.4. The van der Waals surface area contributed by atoms with E-state index in [-0.39, 0.29) is 29.8 Å². The van der Waals surface area contributed by atoms with Crippen LogP contribution in [0.5, 0.6) is 0 Å². The maximum atomic E-state index is 13.9. The van der Waals surface area contributed by atoms with Gasteiger partial charge < -0.3 is 39.9 Å². The summed E-state index contributed by atoms with van der Waals surface area (Å²) in [5.74, 6) is 1.03. The summed E-state index contributed by atoms with van der Waals surface area (Å²) in [5.41, 5.74) is 6.79. The van der Waals surface area contributed by atoms with Crippen molar-refractivity contribution >= 4 is 34.8 Å². The number of nitrogens with one attached hydrogen (secondary N) is 4. The third kappa shape index (κ3) is 8.90. The first-order chi connectivity index (χ1) is 30.1. The van der Waals surface area contributed by atoms with Crippen molar-refractivity contribution in [2.24, 2.45) is 5.92 Å². The summed E-state index contributed by atoms with van der Waals surface area (Å²) in [6.07, 6.45) is 5.93. The number of alkyl carbamates (subject to hydrolysis) is 2. The predicted octanol–water partition coefficient (Wildman–Crippen LogP) is 7.96. The summed E-state index contributed by atoms with van der Waals surface area (Å²) in [6, 6.07) is 28.8. The minimum absolute atomic E-state index is 0.108. The molecule has 2 saturated heterocycles. The van der Waals surface area contributed by atoms with Gasteiger partial charge in [0.05, 0.1) is 50.1 Å². The van der Waals surface area contributed by atoms with Crippen LogP contribution in [-0.4, -0.2) is 93.1 Å². The smallest absolute Gasteiger partial charge is 0.407 e. The highest BCUT2D eigenvalue weighted by Gasteiger charge is 2.38. The Balaban J connectivity index is 0.934. The third-order valence-electron chi connectivity index (χ3n) is 12.0. The SMILES string of the molecule is COC(=O)NC(Cc1ccccc1)C(=O)N1CCCC1c1ncc(-c2ccc(-c3ccc4cc(-c5cnc(C6CCCN6C(=O)C(NC(=O)OC)C(C)C)[nH]5)ccc4c3)cc2)[nH]1. The number of H-pyrrole nitrogens is 2. The highest BCUT2D eigenvalue weighted by molar-refractivity contribution is 5.91. The topological polar surface area (TPSA) is 175 Å². The Labute approximate surface area is 360 Å². The molecule has 2 aromatic heterocycles. The molecule has 14 nitrogen and oxygen atoms in total. The number of aromatic amines is 2. The lowest BCUT2D eigenvalue weighted by atomic mass is 9.98. The first kappa shape index (κ1) is 41.8. The van der Waals surface area contributed by atoms with Crippen molar-refractivity contribution in [3.05, 3.63) is 121 Å². The van der Waals surface area contributed by atoms with Gasteiger partial charge in [-0.25, -0.2) is 19.6 Å². The Kier molecular flexibility index (Phi) is 12.4. The molecule has 4 aromatic carbocycles. The van der Waals surface area contributed by atoms with E-state index in [0.717, 1.165) is 81.5 Å². The number of amides is 4. The number of benzene rings is 4. The molecule has 4 atom stereocenters. The van der Waals surface area contributed by atoms with Crippen LogP contribution in [-0.2, 0) is 25.5 Å². The summed E-state index contributed by atoms with van der Waals surface area (Å²) in [4.78, 5) is 71.8. The van der Waals surface area contributed by atoms with Gasteiger partial charge in [0.2, 0.25) is 11.8 Å². The number of nitrogens with zero attached hydrogens (tertiary/aromatic N) is 4. The summed E-state index contributed by atoms with van der Waals surface area (Å²) in [6.45, 7) is 4.97. The number of rotatable bonds is 12. The van der Waals surface area contributed by atoms with E-state index in [2.05, 4.69) is 81.3 Å². The van der Waals surface area contributed by atoms with Gasteiger partial charge in [0.25, 0.3) is 0 Å². The Morgan fingerprint density at radius 3 is 1.77 bits per heavy atom. The van der Waals surface area contributed by atoms with Crippen LogP contribution in [0.3, 0.4) is 0 Å². The lowest BCUT2D eigenvalue weighted by Crippen LogP contribution is -2.51. The van der Waals surface area contributed by atoms with Gasteiger partial charge >= 0.3 is 12.2 Å². The fraction of sp³-hybridized carbons (Fsp3) is 0.333. The number of ether oxygens (including phenoxy) is 2. The van der Waals surface area contributed by atoms with Crippen LogP contribution in [0.15, 0.2) is 103 Å². The van der Waals surface area contributed by atoms with Crippen molar-refractivity contribution in [1.29, 1.82) is 0 Å². The number of fused-ring (bicyclic) bond motifs is 1. The molecule has 2 fully saturated rings. The Bertz CT molecular complexity index is 2550. The lowest BCUT2D eigenvalue weighted by molar-refractivity contribution is -0.135. The van der Waals surface area contributed by atoms with E-state index in [9.17, 15) is 19.2 Å². The van der Waals surface area contributed by atoms with Crippen molar-refractivity contribution in [2.45, 2.75) is 70.1 Å².